The predicted octanol–water partition coefficient (Wildman–Crippen LogP) is 0.999. The molecule has 1 heterocycles. The van der Waals surface area contributed by atoms with Gasteiger partial charge in [-0.3, -0.25) is 9.69 Å². The lowest BCUT2D eigenvalue weighted by Crippen LogP contribution is -2.44. The third-order valence-electron chi connectivity index (χ3n) is 3.47. The van der Waals surface area contributed by atoms with E-state index in [2.05, 4.69) is 36.0 Å². The molecule has 0 saturated carbocycles. The molecule has 2 N–H and O–H groups in total. The van der Waals surface area contributed by atoms with Crippen molar-refractivity contribution in [1.82, 2.24) is 15.5 Å². The number of amides is 1. The number of carbonyl (C=O) groups is 1. The van der Waals surface area contributed by atoms with Crippen molar-refractivity contribution in [3.63, 3.8) is 0 Å². The zero-order valence-electron chi connectivity index (χ0n) is 11.7. The molecule has 1 amide bonds. The molecule has 1 fully saturated rings. The van der Waals surface area contributed by atoms with Crippen molar-refractivity contribution in [2.24, 2.45) is 5.92 Å². The van der Waals surface area contributed by atoms with Crippen LogP contribution in [0.15, 0.2) is 12.7 Å². The summed E-state index contributed by atoms with van der Waals surface area (Å²) in [4.78, 5) is 14.0. The summed E-state index contributed by atoms with van der Waals surface area (Å²) >= 11 is 0. The monoisotopic (exact) mass is 253 g/mol. The largest absolute Gasteiger partial charge is 0.352 e. The van der Waals surface area contributed by atoms with Crippen LogP contribution in [-0.2, 0) is 4.79 Å². The van der Waals surface area contributed by atoms with Gasteiger partial charge in [-0.1, -0.05) is 6.08 Å². The van der Waals surface area contributed by atoms with Crippen LogP contribution in [0.1, 0.15) is 26.7 Å². The van der Waals surface area contributed by atoms with Gasteiger partial charge in [0.1, 0.15) is 0 Å². The van der Waals surface area contributed by atoms with Crippen molar-refractivity contribution in [1.29, 1.82) is 0 Å². The first kappa shape index (κ1) is 15.2. The van der Waals surface area contributed by atoms with Crippen LogP contribution < -0.4 is 10.6 Å². The molecule has 1 rings (SSSR count). The van der Waals surface area contributed by atoms with Crippen LogP contribution >= 0.6 is 0 Å². The Bertz CT molecular complexity index is 260. The molecule has 0 bridgehead atoms. The molecule has 1 saturated heterocycles. The van der Waals surface area contributed by atoms with Gasteiger partial charge in [0.2, 0.25) is 5.91 Å². The highest BCUT2D eigenvalue weighted by Crippen LogP contribution is 2.14. The van der Waals surface area contributed by atoms with Crippen molar-refractivity contribution < 1.29 is 4.79 Å². The molecule has 1 aliphatic rings. The van der Waals surface area contributed by atoms with Crippen LogP contribution in [0, 0.1) is 5.92 Å². The summed E-state index contributed by atoms with van der Waals surface area (Å²) in [6.45, 7) is 12.2. The third-order valence-corrected chi connectivity index (χ3v) is 3.47. The van der Waals surface area contributed by atoms with Gasteiger partial charge in [-0.05, 0) is 45.7 Å². The van der Waals surface area contributed by atoms with E-state index in [1.54, 1.807) is 6.08 Å². The van der Waals surface area contributed by atoms with E-state index in [1.165, 1.54) is 12.8 Å². The van der Waals surface area contributed by atoms with Crippen molar-refractivity contribution in [2.45, 2.75) is 32.7 Å². The van der Waals surface area contributed by atoms with Gasteiger partial charge in [0, 0.05) is 19.1 Å². The average Bonchev–Trinajstić information content (AvgIpc) is 2.36. The van der Waals surface area contributed by atoms with Gasteiger partial charge in [-0.2, -0.15) is 0 Å². The SMILES string of the molecule is C=CCNC(=O)CN(CC1CCNCC1)C(C)C. The van der Waals surface area contributed by atoms with Crippen LogP contribution in [-0.4, -0.2) is 49.6 Å². The second-order valence-corrected chi connectivity index (χ2v) is 5.31. The molecule has 18 heavy (non-hydrogen) atoms. The summed E-state index contributed by atoms with van der Waals surface area (Å²) in [6, 6.07) is 0.411. The molecule has 4 heteroatoms. The Labute approximate surface area is 111 Å². The van der Waals surface area contributed by atoms with Crippen LogP contribution in [0.3, 0.4) is 0 Å². The van der Waals surface area contributed by atoms with Gasteiger partial charge in [0.05, 0.1) is 6.54 Å². The van der Waals surface area contributed by atoms with Gasteiger partial charge in [-0.15, -0.1) is 6.58 Å². The summed E-state index contributed by atoms with van der Waals surface area (Å²) in [5.74, 6) is 0.818. The smallest absolute Gasteiger partial charge is 0.234 e. The Kier molecular flexibility index (Phi) is 6.98. The molecule has 1 aliphatic heterocycles. The molecule has 0 aliphatic carbocycles. The highest BCUT2D eigenvalue weighted by molar-refractivity contribution is 5.78. The van der Waals surface area contributed by atoms with Gasteiger partial charge < -0.3 is 10.6 Å². The van der Waals surface area contributed by atoms with Crippen molar-refractivity contribution in [2.75, 3.05) is 32.7 Å². The second kappa shape index (κ2) is 8.27. The number of nitrogens with zero attached hydrogens (tertiary/aromatic N) is 1. The summed E-state index contributed by atoms with van der Waals surface area (Å²) in [7, 11) is 0. The van der Waals surface area contributed by atoms with E-state index in [0.717, 1.165) is 25.6 Å². The Balaban J connectivity index is 2.38. The molecule has 0 radical (unpaired) electrons. The highest BCUT2D eigenvalue weighted by atomic mass is 16.2. The van der Waals surface area contributed by atoms with E-state index in [0.29, 0.717) is 19.1 Å². The van der Waals surface area contributed by atoms with E-state index >= 15 is 0 Å². The minimum atomic E-state index is 0.0949. The maximum absolute atomic E-state index is 11.7. The number of hydrogen-bond acceptors (Lipinski definition) is 3. The fourth-order valence-corrected chi connectivity index (χ4v) is 2.28. The van der Waals surface area contributed by atoms with Gasteiger partial charge in [-0.25, -0.2) is 0 Å². The van der Waals surface area contributed by atoms with E-state index < -0.39 is 0 Å². The normalized spacial score (nSPS) is 17.1. The van der Waals surface area contributed by atoms with E-state index in [1.807, 2.05) is 0 Å². The Morgan fingerprint density at radius 2 is 2.17 bits per heavy atom. The molecule has 0 unspecified atom stereocenters. The van der Waals surface area contributed by atoms with Crippen LogP contribution in [0.2, 0.25) is 0 Å². The zero-order chi connectivity index (χ0) is 13.4. The lowest BCUT2D eigenvalue weighted by molar-refractivity contribution is -0.122. The summed E-state index contributed by atoms with van der Waals surface area (Å²) in [6.07, 6.45) is 4.15. The first-order valence-corrected chi connectivity index (χ1v) is 6.95. The first-order valence-electron chi connectivity index (χ1n) is 6.95. The lowest BCUT2D eigenvalue weighted by atomic mass is 9.97. The quantitative estimate of drug-likeness (QED) is 0.665. The minimum Gasteiger partial charge on any atom is -0.352 e. The number of piperidine rings is 1. The maximum atomic E-state index is 11.7. The number of hydrogen-bond donors (Lipinski definition) is 2. The minimum absolute atomic E-state index is 0.0949. The molecule has 0 atom stereocenters. The van der Waals surface area contributed by atoms with Crippen LogP contribution in [0.25, 0.3) is 0 Å². The fraction of sp³-hybridized carbons (Fsp3) is 0.786. The second-order valence-electron chi connectivity index (χ2n) is 5.31. The first-order chi connectivity index (χ1) is 8.63. The maximum Gasteiger partial charge on any atom is 0.234 e. The van der Waals surface area contributed by atoms with E-state index in [9.17, 15) is 4.79 Å². The Morgan fingerprint density at radius 1 is 1.50 bits per heavy atom. The summed E-state index contributed by atoms with van der Waals surface area (Å²) in [5.41, 5.74) is 0. The van der Waals surface area contributed by atoms with Crippen molar-refractivity contribution in [3.05, 3.63) is 12.7 Å². The topological polar surface area (TPSA) is 44.4 Å². The summed E-state index contributed by atoms with van der Waals surface area (Å²) in [5, 5.41) is 6.22. The molecule has 0 aromatic carbocycles. The van der Waals surface area contributed by atoms with Crippen molar-refractivity contribution in [3.8, 4) is 0 Å². The molecular weight excluding hydrogens is 226 g/mol. The molecule has 0 aromatic heterocycles. The average molecular weight is 253 g/mol. The number of nitrogens with one attached hydrogen (secondary N) is 2. The predicted molar refractivity (Wildman–Crippen MR) is 75.5 cm³/mol. The standard InChI is InChI=1S/C14H27N3O/c1-4-7-16-14(18)11-17(12(2)3)10-13-5-8-15-9-6-13/h4,12-13,15H,1,5-11H2,2-3H3,(H,16,18). The van der Waals surface area contributed by atoms with Gasteiger partial charge in [0.15, 0.2) is 0 Å². The number of rotatable bonds is 7. The van der Waals surface area contributed by atoms with E-state index in [4.69, 9.17) is 0 Å². The zero-order valence-corrected chi connectivity index (χ0v) is 11.7. The third kappa shape index (κ3) is 5.65. The summed E-state index contributed by atoms with van der Waals surface area (Å²) < 4.78 is 0. The molecule has 0 aromatic rings. The van der Waals surface area contributed by atoms with Gasteiger partial charge >= 0.3 is 0 Å². The van der Waals surface area contributed by atoms with Crippen LogP contribution in [0.4, 0.5) is 0 Å². The Morgan fingerprint density at radius 3 is 2.72 bits per heavy atom. The molecule has 4 nitrogen and oxygen atoms in total. The van der Waals surface area contributed by atoms with E-state index in [-0.39, 0.29) is 5.91 Å². The fourth-order valence-electron chi connectivity index (χ4n) is 2.28. The van der Waals surface area contributed by atoms with Gasteiger partial charge in [0.25, 0.3) is 0 Å². The lowest BCUT2D eigenvalue weighted by Gasteiger charge is -2.32. The molecular formula is C14H27N3O. The number of carbonyl (C=O) groups excluding carboxylic acids is 1. The van der Waals surface area contributed by atoms with Crippen molar-refractivity contribution >= 4 is 5.91 Å². The Hall–Kier alpha value is -0.870. The molecule has 0 spiro atoms. The van der Waals surface area contributed by atoms with Crippen LogP contribution in [0.5, 0.6) is 0 Å². The highest BCUT2D eigenvalue weighted by Gasteiger charge is 2.20. The molecule has 104 valence electrons.